The fourth-order valence-electron chi connectivity index (χ4n) is 4.72. The van der Waals surface area contributed by atoms with Crippen molar-refractivity contribution in [1.29, 1.82) is 0 Å². The molecule has 1 aromatic carbocycles. The Morgan fingerprint density at radius 1 is 1.04 bits per heavy atom. The molecule has 2 aliphatic heterocycles. The SMILES string of the molecule is O=C1CCC(N2CCc3c([nH]c4ccccc34)C2)CCN1CC1CC1. The molecule has 4 heteroatoms. The van der Waals surface area contributed by atoms with Crippen molar-refractivity contribution in [1.82, 2.24) is 14.8 Å². The standard InChI is InChI=1S/C21H27N3O/c25-21-8-7-16(9-11-24(21)13-15-5-6-15)23-12-10-18-17-3-1-2-4-19(17)22-20(18)14-23/h1-4,15-16,22H,5-14H2. The number of benzene rings is 1. The maximum absolute atomic E-state index is 12.4. The van der Waals surface area contributed by atoms with E-state index in [1.807, 2.05) is 0 Å². The van der Waals surface area contributed by atoms with Crippen molar-refractivity contribution in [3.8, 4) is 0 Å². The lowest BCUT2D eigenvalue weighted by molar-refractivity contribution is -0.130. The van der Waals surface area contributed by atoms with E-state index in [-0.39, 0.29) is 0 Å². The third-order valence-corrected chi connectivity index (χ3v) is 6.38. The van der Waals surface area contributed by atoms with Gasteiger partial charge >= 0.3 is 0 Å². The molecule has 0 bridgehead atoms. The molecule has 5 rings (SSSR count). The van der Waals surface area contributed by atoms with Crippen molar-refractivity contribution in [3.63, 3.8) is 0 Å². The van der Waals surface area contributed by atoms with Crippen LogP contribution in [-0.4, -0.2) is 46.4 Å². The predicted octanol–water partition coefficient (Wildman–Crippen LogP) is 3.32. The van der Waals surface area contributed by atoms with Gasteiger partial charge in [0.1, 0.15) is 0 Å². The van der Waals surface area contributed by atoms with E-state index in [4.69, 9.17) is 0 Å². The summed E-state index contributed by atoms with van der Waals surface area (Å²) in [5, 5.41) is 1.39. The van der Waals surface area contributed by atoms with Gasteiger partial charge in [0.25, 0.3) is 0 Å². The molecular formula is C21H27N3O. The summed E-state index contributed by atoms with van der Waals surface area (Å²) in [6.07, 6.45) is 6.65. The van der Waals surface area contributed by atoms with Crippen LogP contribution in [0.2, 0.25) is 0 Å². The Hall–Kier alpha value is -1.81. The molecule has 1 N–H and O–H groups in total. The summed E-state index contributed by atoms with van der Waals surface area (Å²) in [5.41, 5.74) is 4.16. The number of para-hydroxylation sites is 1. The molecule has 3 aliphatic rings. The Morgan fingerprint density at radius 3 is 2.80 bits per heavy atom. The first-order chi connectivity index (χ1) is 12.3. The van der Waals surface area contributed by atoms with Gasteiger partial charge in [-0.15, -0.1) is 0 Å². The molecular weight excluding hydrogens is 310 g/mol. The summed E-state index contributed by atoms with van der Waals surface area (Å²) in [7, 11) is 0. The number of rotatable bonds is 3. The van der Waals surface area contributed by atoms with Crippen LogP contribution in [0, 0.1) is 5.92 Å². The van der Waals surface area contributed by atoms with E-state index in [1.54, 1.807) is 0 Å². The van der Waals surface area contributed by atoms with E-state index in [2.05, 4.69) is 39.0 Å². The summed E-state index contributed by atoms with van der Waals surface area (Å²) in [4.78, 5) is 20.8. The van der Waals surface area contributed by atoms with Crippen molar-refractivity contribution in [2.24, 2.45) is 5.92 Å². The molecule has 1 saturated heterocycles. The van der Waals surface area contributed by atoms with E-state index >= 15 is 0 Å². The molecule has 1 saturated carbocycles. The second-order valence-electron chi connectivity index (χ2n) is 8.11. The molecule has 1 aromatic heterocycles. The van der Waals surface area contributed by atoms with Gasteiger partial charge in [-0.2, -0.15) is 0 Å². The molecule has 4 nitrogen and oxygen atoms in total. The first-order valence-electron chi connectivity index (χ1n) is 9.88. The average Bonchev–Trinajstić information content (AvgIpc) is 3.40. The molecule has 1 aliphatic carbocycles. The highest BCUT2D eigenvalue weighted by atomic mass is 16.2. The number of H-pyrrole nitrogens is 1. The van der Waals surface area contributed by atoms with Crippen molar-refractivity contribution < 1.29 is 4.79 Å². The number of aromatic amines is 1. The normalized spacial score (nSPS) is 25.2. The molecule has 0 radical (unpaired) electrons. The lowest BCUT2D eigenvalue weighted by Gasteiger charge is -2.34. The van der Waals surface area contributed by atoms with Gasteiger partial charge < -0.3 is 9.88 Å². The largest absolute Gasteiger partial charge is 0.357 e. The van der Waals surface area contributed by atoms with E-state index in [0.717, 1.165) is 57.8 Å². The number of amides is 1. The zero-order valence-corrected chi connectivity index (χ0v) is 14.8. The highest BCUT2D eigenvalue weighted by Gasteiger charge is 2.32. The van der Waals surface area contributed by atoms with Crippen LogP contribution >= 0.6 is 0 Å². The highest BCUT2D eigenvalue weighted by molar-refractivity contribution is 5.84. The number of likely N-dealkylation sites (tertiary alicyclic amines) is 1. The molecule has 2 aromatic rings. The quantitative estimate of drug-likeness (QED) is 0.933. The van der Waals surface area contributed by atoms with Crippen molar-refractivity contribution in [2.45, 2.75) is 51.1 Å². The molecule has 1 amide bonds. The lowest BCUT2D eigenvalue weighted by atomic mass is 9.99. The number of carbonyl (C=O) groups is 1. The summed E-state index contributed by atoms with van der Waals surface area (Å²) in [5.74, 6) is 1.18. The van der Waals surface area contributed by atoms with Crippen LogP contribution in [-0.2, 0) is 17.8 Å². The molecule has 0 spiro atoms. The van der Waals surface area contributed by atoms with Gasteiger partial charge in [-0.25, -0.2) is 0 Å². The van der Waals surface area contributed by atoms with Crippen molar-refractivity contribution in [2.75, 3.05) is 19.6 Å². The molecule has 1 unspecified atom stereocenters. The number of fused-ring (bicyclic) bond motifs is 3. The van der Waals surface area contributed by atoms with Gasteiger partial charge in [0, 0.05) is 55.2 Å². The Kier molecular flexibility index (Phi) is 3.81. The molecule has 2 fully saturated rings. The lowest BCUT2D eigenvalue weighted by Crippen LogP contribution is -2.40. The maximum atomic E-state index is 12.4. The fourth-order valence-corrected chi connectivity index (χ4v) is 4.72. The molecule has 1 atom stereocenters. The first-order valence-corrected chi connectivity index (χ1v) is 9.88. The van der Waals surface area contributed by atoms with Gasteiger partial charge in [0.05, 0.1) is 0 Å². The topological polar surface area (TPSA) is 39.3 Å². The maximum Gasteiger partial charge on any atom is 0.222 e. The number of nitrogens with zero attached hydrogens (tertiary/aromatic N) is 2. The van der Waals surface area contributed by atoms with Crippen molar-refractivity contribution in [3.05, 3.63) is 35.5 Å². The third kappa shape index (κ3) is 2.97. The monoisotopic (exact) mass is 337 g/mol. The minimum Gasteiger partial charge on any atom is -0.357 e. The third-order valence-electron chi connectivity index (χ3n) is 6.38. The first kappa shape index (κ1) is 15.4. The van der Waals surface area contributed by atoms with Crippen molar-refractivity contribution >= 4 is 16.8 Å². The van der Waals surface area contributed by atoms with Gasteiger partial charge in [0.15, 0.2) is 0 Å². The van der Waals surface area contributed by atoms with Crippen LogP contribution in [0.25, 0.3) is 10.9 Å². The van der Waals surface area contributed by atoms with Gasteiger partial charge in [0.2, 0.25) is 5.91 Å². The number of hydrogen-bond acceptors (Lipinski definition) is 2. The smallest absolute Gasteiger partial charge is 0.222 e. The van der Waals surface area contributed by atoms with E-state index in [0.29, 0.717) is 11.9 Å². The van der Waals surface area contributed by atoms with Crippen LogP contribution in [0.4, 0.5) is 0 Å². The molecule has 25 heavy (non-hydrogen) atoms. The van der Waals surface area contributed by atoms with Gasteiger partial charge in [-0.3, -0.25) is 9.69 Å². The molecule has 132 valence electrons. The molecule has 3 heterocycles. The summed E-state index contributed by atoms with van der Waals surface area (Å²) in [6.45, 7) is 4.09. The van der Waals surface area contributed by atoms with Crippen LogP contribution in [0.5, 0.6) is 0 Å². The number of aromatic nitrogens is 1. The predicted molar refractivity (Wildman–Crippen MR) is 99.4 cm³/mol. The number of nitrogens with one attached hydrogen (secondary N) is 1. The van der Waals surface area contributed by atoms with Crippen LogP contribution in [0.15, 0.2) is 24.3 Å². The zero-order valence-electron chi connectivity index (χ0n) is 14.8. The van der Waals surface area contributed by atoms with Crippen LogP contribution in [0.3, 0.4) is 0 Å². The number of hydrogen-bond donors (Lipinski definition) is 1. The Bertz CT molecular complexity index is 792. The summed E-state index contributed by atoms with van der Waals surface area (Å²) in [6, 6.07) is 9.20. The zero-order chi connectivity index (χ0) is 16.8. The minimum absolute atomic E-state index is 0.387. The van der Waals surface area contributed by atoms with E-state index < -0.39 is 0 Å². The Labute approximate surface area is 149 Å². The summed E-state index contributed by atoms with van der Waals surface area (Å²) >= 11 is 0. The van der Waals surface area contributed by atoms with E-state index in [9.17, 15) is 4.79 Å². The second kappa shape index (κ2) is 6.17. The number of carbonyl (C=O) groups excluding carboxylic acids is 1. The highest BCUT2D eigenvalue weighted by Crippen LogP contribution is 2.32. The Morgan fingerprint density at radius 2 is 1.92 bits per heavy atom. The van der Waals surface area contributed by atoms with Gasteiger partial charge in [-0.05, 0) is 49.7 Å². The van der Waals surface area contributed by atoms with E-state index in [1.165, 1.54) is 35.0 Å². The van der Waals surface area contributed by atoms with Crippen LogP contribution < -0.4 is 0 Å². The van der Waals surface area contributed by atoms with Crippen LogP contribution in [0.1, 0.15) is 43.4 Å². The fraction of sp³-hybridized carbons (Fsp3) is 0.571. The average molecular weight is 337 g/mol. The minimum atomic E-state index is 0.387. The second-order valence-corrected chi connectivity index (χ2v) is 8.11. The Balaban J connectivity index is 1.30. The van der Waals surface area contributed by atoms with Gasteiger partial charge in [-0.1, -0.05) is 18.2 Å². The summed E-state index contributed by atoms with van der Waals surface area (Å²) < 4.78 is 0.